The number of benzene rings is 1. The Hall–Kier alpha value is -3.74. The zero-order valence-electron chi connectivity index (χ0n) is 18.4. The van der Waals surface area contributed by atoms with Crippen LogP contribution < -0.4 is 25.1 Å². The summed E-state index contributed by atoms with van der Waals surface area (Å²) in [5.41, 5.74) is 7.76. The van der Waals surface area contributed by atoms with Crippen LogP contribution in [0.3, 0.4) is 0 Å². The Kier molecular flexibility index (Phi) is 8.25. The van der Waals surface area contributed by atoms with Gasteiger partial charge >= 0.3 is 0 Å². The molecular formula is C21H27N5O5. The van der Waals surface area contributed by atoms with Crippen molar-refractivity contribution >= 4 is 11.8 Å². The molecule has 1 aromatic heterocycles. The minimum atomic E-state index is -0.524. The molecule has 0 bridgehead atoms. The van der Waals surface area contributed by atoms with Crippen LogP contribution in [-0.4, -0.2) is 42.9 Å². The molecule has 0 aliphatic carbocycles. The van der Waals surface area contributed by atoms with Gasteiger partial charge in [0, 0.05) is 17.7 Å². The fourth-order valence-corrected chi connectivity index (χ4v) is 3.18. The second kappa shape index (κ2) is 10.9. The summed E-state index contributed by atoms with van der Waals surface area (Å²) in [6.07, 6.45) is 1.01. The van der Waals surface area contributed by atoms with Crippen LogP contribution in [0, 0.1) is 25.2 Å². The maximum atomic E-state index is 12.5. The van der Waals surface area contributed by atoms with Gasteiger partial charge < -0.3 is 14.2 Å². The first-order valence-corrected chi connectivity index (χ1v) is 9.65. The number of methoxy groups -OCH3 is 3. The molecule has 2 aromatic rings. The van der Waals surface area contributed by atoms with Crippen molar-refractivity contribution in [2.45, 2.75) is 39.7 Å². The number of carbonyl (C=O) groups excluding carboxylic acids is 2. The lowest BCUT2D eigenvalue weighted by Crippen LogP contribution is -2.41. The number of carbonyl (C=O) groups is 2. The fraction of sp³-hybridized carbons (Fsp3) is 0.429. The number of hydrogen-bond donors (Lipinski definition) is 2. The van der Waals surface area contributed by atoms with Gasteiger partial charge in [0.05, 0.1) is 46.1 Å². The van der Waals surface area contributed by atoms with E-state index in [1.165, 1.54) is 33.5 Å². The average Bonchev–Trinajstić information content (AvgIpc) is 3.05. The quantitative estimate of drug-likeness (QED) is 0.582. The van der Waals surface area contributed by atoms with Gasteiger partial charge in [-0.05, 0) is 38.0 Å². The molecule has 166 valence electrons. The van der Waals surface area contributed by atoms with Crippen molar-refractivity contribution in [3.05, 3.63) is 34.6 Å². The zero-order chi connectivity index (χ0) is 23.0. The van der Waals surface area contributed by atoms with E-state index in [1.807, 2.05) is 13.8 Å². The summed E-state index contributed by atoms with van der Waals surface area (Å²) in [7, 11) is 4.37. The first kappa shape index (κ1) is 23.5. The summed E-state index contributed by atoms with van der Waals surface area (Å²) in [6, 6.07) is 5.08. The van der Waals surface area contributed by atoms with E-state index in [4.69, 9.17) is 19.5 Å². The van der Waals surface area contributed by atoms with Crippen molar-refractivity contribution in [3.63, 3.8) is 0 Å². The molecule has 1 heterocycles. The lowest BCUT2D eigenvalue weighted by atomic mass is 10.1. The van der Waals surface area contributed by atoms with E-state index in [9.17, 15) is 9.59 Å². The third-order valence-electron chi connectivity index (χ3n) is 4.81. The Morgan fingerprint density at radius 3 is 2.29 bits per heavy atom. The lowest BCUT2D eigenvalue weighted by molar-refractivity contribution is -0.121. The number of ether oxygens (including phenoxy) is 3. The van der Waals surface area contributed by atoms with Crippen LogP contribution in [0.15, 0.2) is 12.1 Å². The molecule has 0 saturated carbocycles. The molecule has 0 fully saturated rings. The summed E-state index contributed by atoms with van der Waals surface area (Å²) < 4.78 is 17.5. The number of hydrazine groups is 1. The van der Waals surface area contributed by atoms with Crippen LogP contribution in [0.4, 0.5) is 0 Å². The summed E-state index contributed by atoms with van der Waals surface area (Å²) in [6.45, 7) is 4.30. The van der Waals surface area contributed by atoms with Gasteiger partial charge in [-0.25, -0.2) is 0 Å². The zero-order valence-corrected chi connectivity index (χ0v) is 18.4. The second-order valence-electron chi connectivity index (χ2n) is 6.70. The molecule has 2 N–H and O–H groups in total. The normalized spacial score (nSPS) is 10.2. The molecule has 10 heteroatoms. The number of aromatic nitrogens is 2. The Labute approximate surface area is 181 Å². The number of amides is 2. The second-order valence-corrected chi connectivity index (χ2v) is 6.70. The van der Waals surface area contributed by atoms with Gasteiger partial charge in [-0.3, -0.25) is 25.1 Å². The number of nitrogens with zero attached hydrogens (tertiary/aromatic N) is 3. The molecule has 1 aromatic carbocycles. The van der Waals surface area contributed by atoms with Gasteiger partial charge in [-0.1, -0.05) is 0 Å². The minimum Gasteiger partial charge on any atom is -0.493 e. The topological polar surface area (TPSA) is 128 Å². The highest BCUT2D eigenvalue weighted by atomic mass is 16.5. The Morgan fingerprint density at radius 1 is 1.10 bits per heavy atom. The van der Waals surface area contributed by atoms with Crippen LogP contribution in [-0.2, 0) is 17.8 Å². The Balaban J connectivity index is 1.97. The van der Waals surface area contributed by atoms with Crippen molar-refractivity contribution in [1.29, 1.82) is 5.26 Å². The molecule has 0 atom stereocenters. The SMILES string of the molecule is COc1cc(C(=O)NNC(=O)CCc2c(C)nn(CCC#N)c2C)cc(OC)c1OC. The Bertz CT molecular complexity index is 968. The van der Waals surface area contributed by atoms with Gasteiger partial charge in [0.1, 0.15) is 0 Å². The van der Waals surface area contributed by atoms with Crippen LogP contribution in [0.2, 0.25) is 0 Å². The summed E-state index contributed by atoms with van der Waals surface area (Å²) in [5, 5.41) is 13.2. The van der Waals surface area contributed by atoms with Gasteiger partial charge in [-0.2, -0.15) is 10.4 Å². The lowest BCUT2D eigenvalue weighted by Gasteiger charge is -2.14. The van der Waals surface area contributed by atoms with Crippen LogP contribution in [0.5, 0.6) is 17.2 Å². The van der Waals surface area contributed by atoms with Crippen LogP contribution in [0.1, 0.15) is 40.2 Å². The van der Waals surface area contributed by atoms with Gasteiger partial charge in [0.2, 0.25) is 11.7 Å². The number of hydrogen-bond acceptors (Lipinski definition) is 7. The van der Waals surface area contributed by atoms with E-state index in [0.717, 1.165) is 17.0 Å². The van der Waals surface area contributed by atoms with Crippen molar-refractivity contribution in [2.75, 3.05) is 21.3 Å². The van der Waals surface area contributed by atoms with E-state index in [1.54, 1.807) is 4.68 Å². The van der Waals surface area contributed by atoms with Gasteiger partial charge in [-0.15, -0.1) is 0 Å². The number of rotatable bonds is 9. The van der Waals surface area contributed by atoms with Crippen molar-refractivity contribution in [2.24, 2.45) is 0 Å². The van der Waals surface area contributed by atoms with Crippen LogP contribution in [0.25, 0.3) is 0 Å². The van der Waals surface area contributed by atoms with E-state index in [0.29, 0.717) is 36.6 Å². The van der Waals surface area contributed by atoms with E-state index >= 15 is 0 Å². The van der Waals surface area contributed by atoms with Gasteiger partial charge in [0.25, 0.3) is 5.91 Å². The maximum absolute atomic E-state index is 12.5. The standard InChI is InChI=1S/C21H27N5O5/c1-13-16(14(2)26(25-13)10-6-9-22)7-8-19(27)23-24-21(28)15-11-17(29-3)20(31-5)18(12-15)30-4/h11-12H,6-8,10H2,1-5H3,(H,23,27)(H,24,28). The van der Waals surface area contributed by atoms with Crippen molar-refractivity contribution < 1.29 is 23.8 Å². The summed E-state index contributed by atoms with van der Waals surface area (Å²) >= 11 is 0. The number of nitrogens with one attached hydrogen (secondary N) is 2. The molecule has 0 unspecified atom stereocenters. The molecule has 0 radical (unpaired) electrons. The van der Waals surface area contributed by atoms with Crippen molar-refractivity contribution in [3.8, 4) is 23.3 Å². The molecule has 2 rings (SSSR count). The van der Waals surface area contributed by atoms with Gasteiger partial charge in [0.15, 0.2) is 11.5 Å². The summed E-state index contributed by atoms with van der Waals surface area (Å²) in [5.74, 6) is 0.163. The van der Waals surface area contributed by atoms with E-state index in [-0.39, 0.29) is 17.9 Å². The third-order valence-corrected chi connectivity index (χ3v) is 4.81. The largest absolute Gasteiger partial charge is 0.493 e. The maximum Gasteiger partial charge on any atom is 0.269 e. The highest BCUT2D eigenvalue weighted by Gasteiger charge is 2.18. The molecule has 0 spiro atoms. The third kappa shape index (κ3) is 5.66. The summed E-state index contributed by atoms with van der Waals surface area (Å²) in [4.78, 5) is 24.7. The molecular weight excluding hydrogens is 402 g/mol. The molecule has 2 amide bonds. The first-order chi connectivity index (χ1) is 14.9. The fourth-order valence-electron chi connectivity index (χ4n) is 3.18. The van der Waals surface area contributed by atoms with E-state index in [2.05, 4.69) is 22.0 Å². The number of nitriles is 1. The highest BCUT2D eigenvalue weighted by molar-refractivity contribution is 5.96. The molecule has 0 aliphatic heterocycles. The predicted octanol–water partition coefficient (Wildman–Crippen LogP) is 1.83. The molecule has 0 aliphatic rings. The minimum absolute atomic E-state index is 0.168. The predicted molar refractivity (Wildman–Crippen MR) is 112 cm³/mol. The first-order valence-electron chi connectivity index (χ1n) is 9.65. The monoisotopic (exact) mass is 429 g/mol. The average molecular weight is 429 g/mol. The van der Waals surface area contributed by atoms with Crippen molar-refractivity contribution in [1.82, 2.24) is 20.6 Å². The Morgan fingerprint density at radius 2 is 1.74 bits per heavy atom. The molecule has 31 heavy (non-hydrogen) atoms. The highest BCUT2D eigenvalue weighted by Crippen LogP contribution is 2.38. The van der Waals surface area contributed by atoms with E-state index < -0.39 is 5.91 Å². The van der Waals surface area contributed by atoms with Crippen LogP contribution >= 0.6 is 0 Å². The number of aryl methyl sites for hydroxylation is 2. The molecule has 10 nitrogen and oxygen atoms in total. The molecule has 0 saturated heterocycles. The smallest absolute Gasteiger partial charge is 0.269 e.